The highest BCUT2D eigenvalue weighted by molar-refractivity contribution is 7.23. The number of carbonyl (C=O) groups excluding carboxylic acids is 1. The second-order valence-corrected chi connectivity index (χ2v) is 15.9. The molecule has 0 radical (unpaired) electrons. The van der Waals surface area contributed by atoms with Crippen molar-refractivity contribution in [3.8, 4) is 23.2 Å². The Morgan fingerprint density at radius 1 is 1.20 bits per heavy atom. The minimum absolute atomic E-state index is 0.0249. The van der Waals surface area contributed by atoms with Crippen LogP contribution < -0.4 is 15.0 Å². The number of nitrogens with zero attached hydrogens (tertiary/aromatic N) is 8. The first-order chi connectivity index (χ1) is 26.3. The number of amides is 2. The maximum atomic E-state index is 17.3. The molecular formula is C36H32Cl2F3N9O4S. The Balaban J connectivity index is 1.30. The van der Waals surface area contributed by atoms with Gasteiger partial charge < -0.3 is 19.6 Å². The van der Waals surface area contributed by atoms with Gasteiger partial charge in [0.1, 0.15) is 41.0 Å². The first kappa shape index (κ1) is 37.1. The monoisotopic (exact) mass is 813 g/mol. The van der Waals surface area contributed by atoms with Crippen LogP contribution in [-0.2, 0) is 13.1 Å². The van der Waals surface area contributed by atoms with Crippen LogP contribution in [0, 0.1) is 23.0 Å². The van der Waals surface area contributed by atoms with Gasteiger partial charge in [-0.15, -0.1) is 11.3 Å². The first-order valence-corrected chi connectivity index (χ1v) is 19.0. The second-order valence-electron chi connectivity index (χ2n) is 14.1. The summed E-state index contributed by atoms with van der Waals surface area (Å²) in [6.07, 6.45) is -0.0572. The van der Waals surface area contributed by atoms with E-state index in [0.29, 0.717) is 49.5 Å². The van der Waals surface area contributed by atoms with Gasteiger partial charge in [-0.25, -0.2) is 18.0 Å². The lowest BCUT2D eigenvalue weighted by Crippen LogP contribution is -2.43. The molecule has 19 heteroatoms. The minimum Gasteiger partial charge on any atom is -0.465 e. The minimum atomic E-state index is -1.46. The molecule has 2 fully saturated rings. The van der Waals surface area contributed by atoms with Crippen LogP contribution >= 0.6 is 34.5 Å². The van der Waals surface area contributed by atoms with Gasteiger partial charge in [0.25, 0.3) is 5.91 Å². The predicted molar refractivity (Wildman–Crippen MR) is 201 cm³/mol. The van der Waals surface area contributed by atoms with Gasteiger partial charge >= 0.3 is 12.1 Å². The third-order valence-electron chi connectivity index (χ3n) is 10.5. The van der Waals surface area contributed by atoms with Crippen LogP contribution in [0.15, 0.2) is 18.2 Å². The van der Waals surface area contributed by atoms with Crippen molar-refractivity contribution in [2.24, 2.45) is 0 Å². The highest BCUT2D eigenvalue weighted by Gasteiger charge is 2.49. The molecule has 2 atom stereocenters. The van der Waals surface area contributed by atoms with E-state index in [2.05, 4.69) is 20.3 Å². The maximum Gasteiger partial charge on any atom is 0.409 e. The molecule has 3 aliphatic heterocycles. The number of halogens is 5. The van der Waals surface area contributed by atoms with Gasteiger partial charge in [-0.3, -0.25) is 19.7 Å². The van der Waals surface area contributed by atoms with E-state index >= 15 is 8.78 Å². The average Bonchev–Trinajstić information content (AvgIpc) is 3.83. The number of hydrogen-bond acceptors (Lipinski definition) is 10. The van der Waals surface area contributed by atoms with Crippen molar-refractivity contribution in [2.45, 2.75) is 50.5 Å². The van der Waals surface area contributed by atoms with Crippen molar-refractivity contribution in [3.63, 3.8) is 0 Å². The lowest BCUT2D eigenvalue weighted by Gasteiger charge is -2.31. The number of aryl methyl sites for hydroxylation is 1. The van der Waals surface area contributed by atoms with Gasteiger partial charge in [-0.2, -0.15) is 20.3 Å². The summed E-state index contributed by atoms with van der Waals surface area (Å²) in [6, 6.07) is 5.60. The van der Waals surface area contributed by atoms with E-state index in [-0.39, 0.29) is 95.7 Å². The zero-order valence-electron chi connectivity index (χ0n) is 29.4. The third-order valence-corrected chi connectivity index (χ3v) is 12.3. The number of carbonyl (C=O) groups is 2. The van der Waals surface area contributed by atoms with Crippen LogP contribution in [0.25, 0.3) is 32.1 Å². The number of hydrogen-bond donors (Lipinski definition) is 2. The van der Waals surface area contributed by atoms with Crippen molar-refractivity contribution < 1.29 is 32.6 Å². The van der Waals surface area contributed by atoms with E-state index in [4.69, 9.17) is 32.9 Å². The fourth-order valence-electron chi connectivity index (χ4n) is 8.04. The Labute approximate surface area is 325 Å². The molecular weight excluding hydrogens is 782 g/mol. The Hall–Kier alpha value is -4.89. The largest absolute Gasteiger partial charge is 0.465 e. The van der Waals surface area contributed by atoms with Crippen molar-refractivity contribution in [3.05, 3.63) is 56.8 Å². The number of fused-ring (bicyclic) bond motifs is 4. The summed E-state index contributed by atoms with van der Waals surface area (Å²) >= 11 is 14.4. The van der Waals surface area contributed by atoms with Crippen molar-refractivity contribution in [1.29, 1.82) is 5.26 Å². The maximum absolute atomic E-state index is 17.3. The van der Waals surface area contributed by atoms with E-state index in [1.54, 1.807) is 18.8 Å². The second kappa shape index (κ2) is 14.0. The fraction of sp³-hybridized carbons (Fsp3) is 0.389. The number of rotatable bonds is 7. The third kappa shape index (κ3) is 6.24. The molecule has 2 aromatic carbocycles. The van der Waals surface area contributed by atoms with E-state index in [1.165, 1.54) is 17.0 Å². The van der Waals surface area contributed by atoms with E-state index in [0.717, 1.165) is 19.0 Å². The van der Waals surface area contributed by atoms with Crippen LogP contribution in [0.5, 0.6) is 6.01 Å². The molecule has 286 valence electrons. The Bertz CT molecular complexity index is 2470. The molecule has 8 rings (SSSR count). The van der Waals surface area contributed by atoms with Gasteiger partial charge in [0.15, 0.2) is 11.5 Å². The molecule has 13 nitrogen and oxygen atoms in total. The molecule has 5 aromatic rings. The van der Waals surface area contributed by atoms with Crippen molar-refractivity contribution in [1.82, 2.24) is 29.5 Å². The number of aromatic nitrogens is 4. The number of benzene rings is 2. The molecule has 2 saturated heterocycles. The summed E-state index contributed by atoms with van der Waals surface area (Å²) in [6.45, 7) is 2.05. The number of alkyl halides is 1. The number of nitriles is 1. The average molecular weight is 815 g/mol. The Kier molecular flexibility index (Phi) is 9.43. The van der Waals surface area contributed by atoms with Crippen LogP contribution in [-0.4, -0.2) is 98.7 Å². The summed E-state index contributed by atoms with van der Waals surface area (Å²) in [7, 11) is 3.20. The van der Waals surface area contributed by atoms with E-state index in [9.17, 15) is 24.3 Å². The predicted octanol–water partition coefficient (Wildman–Crippen LogP) is 7.32. The molecule has 0 saturated carbocycles. The van der Waals surface area contributed by atoms with Crippen LogP contribution in [0.2, 0.25) is 10.0 Å². The van der Waals surface area contributed by atoms with Gasteiger partial charge in [0.05, 0.1) is 38.1 Å². The van der Waals surface area contributed by atoms with Crippen molar-refractivity contribution >= 4 is 78.3 Å². The summed E-state index contributed by atoms with van der Waals surface area (Å²) in [4.78, 5) is 39.0. The standard InChI is InChI=1S/C36H32Cl2F3N9O4S/c1-47(2)33(51)29-26(38)23-15-48(8-4-10-50(23)46-29)31-19-11-21(37)25(18-5-6-22(40)30-24(18)20(13-42)32(55-30)45-35(52)53)27(41)28(19)43-34(44-31)54-16-36-7-3-9-49(36)14-17(39)12-36/h5-6,11,17,45H,3-4,7-10,12,14-16H2,1-2H3,(H,52,53)/t17-,36+/m1/s1. The van der Waals surface area contributed by atoms with Crippen molar-refractivity contribution in [2.75, 3.05) is 50.6 Å². The Morgan fingerprint density at radius 3 is 2.75 bits per heavy atom. The summed E-state index contributed by atoms with van der Waals surface area (Å²) in [5.74, 6) is -1.78. The van der Waals surface area contributed by atoms with Gasteiger partial charge in [0, 0.05) is 56.5 Å². The van der Waals surface area contributed by atoms with Gasteiger partial charge in [0.2, 0.25) is 0 Å². The smallest absolute Gasteiger partial charge is 0.409 e. The zero-order valence-corrected chi connectivity index (χ0v) is 31.8. The number of nitrogens with one attached hydrogen (secondary N) is 1. The molecule has 0 bridgehead atoms. The normalized spacial score (nSPS) is 19.7. The van der Waals surface area contributed by atoms with Crippen LogP contribution in [0.1, 0.15) is 47.4 Å². The molecule has 6 heterocycles. The molecule has 3 aromatic heterocycles. The molecule has 0 unspecified atom stereocenters. The highest BCUT2D eigenvalue weighted by Crippen LogP contribution is 2.47. The van der Waals surface area contributed by atoms with Crippen LogP contribution in [0.3, 0.4) is 0 Å². The van der Waals surface area contributed by atoms with Crippen LogP contribution in [0.4, 0.5) is 28.8 Å². The lowest BCUT2D eigenvalue weighted by molar-refractivity contribution is 0.0821. The topological polar surface area (TPSA) is 153 Å². The molecule has 0 aliphatic carbocycles. The number of ether oxygens (including phenoxy) is 1. The van der Waals surface area contributed by atoms with E-state index in [1.807, 2.05) is 11.0 Å². The summed E-state index contributed by atoms with van der Waals surface area (Å²) < 4.78 is 55.0. The highest BCUT2D eigenvalue weighted by atomic mass is 35.5. The molecule has 2 amide bonds. The summed E-state index contributed by atoms with van der Waals surface area (Å²) in [5.41, 5.74) is -0.480. The summed E-state index contributed by atoms with van der Waals surface area (Å²) in [5, 5.41) is 26.2. The lowest BCUT2D eigenvalue weighted by atomic mass is 9.95. The number of carboxylic acid groups (broad SMARTS) is 1. The van der Waals surface area contributed by atoms with E-state index < -0.39 is 29.4 Å². The first-order valence-electron chi connectivity index (χ1n) is 17.4. The van der Waals surface area contributed by atoms with Gasteiger partial charge in [-0.1, -0.05) is 29.3 Å². The quantitative estimate of drug-likeness (QED) is 0.171. The molecule has 0 spiro atoms. The SMILES string of the molecule is CN(C)C(=O)c1nn2c(c1Cl)CN(c1nc(OC[C@@]34CCCN3C[C@H](F)C4)nc3c(F)c(-c4ccc(F)c5sc(NC(=O)O)c(C#N)c45)c(Cl)cc13)CCC2. The molecule has 2 N–H and O–H groups in total. The van der Waals surface area contributed by atoms with Gasteiger partial charge in [-0.05, 0) is 43.5 Å². The molecule has 3 aliphatic rings. The fourth-order valence-corrected chi connectivity index (χ4v) is 9.69. The Morgan fingerprint density at radius 2 is 2.00 bits per heavy atom. The number of thiophene rings is 1. The molecule has 55 heavy (non-hydrogen) atoms. The zero-order chi connectivity index (χ0) is 38.9. The number of anilines is 2.